The zero-order valence-electron chi connectivity index (χ0n) is 13.8. The van der Waals surface area contributed by atoms with Gasteiger partial charge < -0.3 is 5.32 Å². The van der Waals surface area contributed by atoms with E-state index in [1.165, 1.54) is 62.5 Å². The highest BCUT2D eigenvalue weighted by Crippen LogP contribution is 2.41. The van der Waals surface area contributed by atoms with E-state index in [1.54, 1.807) is 0 Å². The first-order valence-electron chi connectivity index (χ1n) is 9.09. The molecule has 0 radical (unpaired) electrons. The Morgan fingerprint density at radius 3 is 2.43 bits per heavy atom. The van der Waals surface area contributed by atoms with E-state index in [2.05, 4.69) is 43.4 Å². The molecule has 3 rings (SSSR count). The molecule has 116 valence electrons. The van der Waals surface area contributed by atoms with Gasteiger partial charge in [0.15, 0.2) is 0 Å². The van der Waals surface area contributed by atoms with Crippen molar-refractivity contribution < 1.29 is 0 Å². The van der Waals surface area contributed by atoms with E-state index in [-0.39, 0.29) is 0 Å². The molecule has 0 heterocycles. The first-order chi connectivity index (χ1) is 10.3. The molecule has 0 spiro atoms. The Morgan fingerprint density at radius 2 is 1.71 bits per heavy atom. The number of aryl methyl sites for hydroxylation is 1. The average Bonchev–Trinajstić information content (AvgIpc) is 2.53. The fourth-order valence-electron chi connectivity index (χ4n) is 4.56. The van der Waals surface area contributed by atoms with E-state index in [9.17, 15) is 0 Å². The molecule has 0 aromatic heterocycles. The van der Waals surface area contributed by atoms with Crippen molar-refractivity contribution in [2.45, 2.75) is 77.3 Å². The third-order valence-electron chi connectivity index (χ3n) is 5.86. The van der Waals surface area contributed by atoms with Gasteiger partial charge in [-0.15, -0.1) is 0 Å². The highest BCUT2D eigenvalue weighted by Gasteiger charge is 2.32. The minimum Gasteiger partial charge on any atom is -0.307 e. The first-order valence-corrected chi connectivity index (χ1v) is 9.09. The predicted octanol–water partition coefficient (Wildman–Crippen LogP) is 5.39. The third kappa shape index (κ3) is 3.69. The molecule has 2 fully saturated rings. The Labute approximate surface area is 130 Å². The second-order valence-electron chi connectivity index (χ2n) is 7.35. The van der Waals surface area contributed by atoms with Gasteiger partial charge in [0.25, 0.3) is 0 Å². The van der Waals surface area contributed by atoms with Gasteiger partial charge in [-0.1, -0.05) is 62.4 Å². The van der Waals surface area contributed by atoms with Gasteiger partial charge in [-0.25, -0.2) is 0 Å². The Morgan fingerprint density at radius 1 is 1.00 bits per heavy atom. The van der Waals surface area contributed by atoms with Gasteiger partial charge in [0.2, 0.25) is 0 Å². The number of hydrogen-bond donors (Lipinski definition) is 1. The van der Waals surface area contributed by atoms with Gasteiger partial charge in [0.05, 0.1) is 0 Å². The summed E-state index contributed by atoms with van der Waals surface area (Å²) in [7, 11) is 0. The van der Waals surface area contributed by atoms with Crippen LogP contribution in [0.15, 0.2) is 24.3 Å². The van der Waals surface area contributed by atoms with Gasteiger partial charge in [-0.3, -0.25) is 0 Å². The minimum atomic E-state index is 0.538. The molecule has 2 aliphatic rings. The Hall–Kier alpha value is -0.820. The molecule has 0 amide bonds. The molecule has 1 heteroatoms. The smallest absolute Gasteiger partial charge is 0.0320 e. The normalized spacial score (nSPS) is 30.7. The lowest BCUT2D eigenvalue weighted by atomic mass is 9.69. The quantitative estimate of drug-likeness (QED) is 0.781. The number of fused-ring (bicyclic) bond motifs is 1. The molecule has 4 atom stereocenters. The summed E-state index contributed by atoms with van der Waals surface area (Å²) in [6.07, 6.45) is 11.4. The minimum absolute atomic E-state index is 0.538. The van der Waals surface area contributed by atoms with Crippen molar-refractivity contribution in [1.82, 2.24) is 5.32 Å². The van der Waals surface area contributed by atoms with Gasteiger partial charge >= 0.3 is 0 Å². The van der Waals surface area contributed by atoms with Crippen molar-refractivity contribution in [2.75, 3.05) is 0 Å². The first kappa shape index (κ1) is 15.1. The SMILES string of the molecule is CCC(NC1CCC2CCCCC2C1)c1ccc(C)cc1. The van der Waals surface area contributed by atoms with Crippen LogP contribution >= 0.6 is 0 Å². The fourth-order valence-corrected chi connectivity index (χ4v) is 4.56. The fraction of sp³-hybridized carbons (Fsp3) is 0.700. The van der Waals surface area contributed by atoms with E-state index in [4.69, 9.17) is 0 Å². The summed E-state index contributed by atoms with van der Waals surface area (Å²) in [6, 6.07) is 10.4. The summed E-state index contributed by atoms with van der Waals surface area (Å²) in [5.41, 5.74) is 2.82. The molecule has 1 aromatic rings. The zero-order chi connectivity index (χ0) is 14.7. The van der Waals surface area contributed by atoms with Crippen molar-refractivity contribution >= 4 is 0 Å². The van der Waals surface area contributed by atoms with Crippen LogP contribution in [0.2, 0.25) is 0 Å². The maximum absolute atomic E-state index is 3.97. The lowest BCUT2D eigenvalue weighted by molar-refractivity contribution is 0.138. The summed E-state index contributed by atoms with van der Waals surface area (Å²) in [5.74, 6) is 2.07. The van der Waals surface area contributed by atoms with Crippen LogP contribution in [0.3, 0.4) is 0 Å². The molecule has 0 bridgehead atoms. The van der Waals surface area contributed by atoms with Crippen molar-refractivity contribution in [3.05, 3.63) is 35.4 Å². The van der Waals surface area contributed by atoms with Gasteiger partial charge in [-0.05, 0) is 50.0 Å². The van der Waals surface area contributed by atoms with Crippen LogP contribution in [0.25, 0.3) is 0 Å². The molecule has 2 aliphatic carbocycles. The Bertz CT molecular complexity index is 436. The molecule has 1 N–H and O–H groups in total. The zero-order valence-corrected chi connectivity index (χ0v) is 13.8. The van der Waals surface area contributed by atoms with Crippen LogP contribution < -0.4 is 5.32 Å². The van der Waals surface area contributed by atoms with Crippen LogP contribution in [0, 0.1) is 18.8 Å². The van der Waals surface area contributed by atoms with E-state index < -0.39 is 0 Å². The standard InChI is InChI=1S/C20H31N/c1-3-20(17-10-8-15(2)9-11-17)21-19-13-12-16-6-4-5-7-18(16)14-19/h8-11,16,18-21H,3-7,12-14H2,1-2H3. The molecular weight excluding hydrogens is 254 g/mol. The second kappa shape index (κ2) is 6.96. The van der Waals surface area contributed by atoms with E-state index in [0.29, 0.717) is 6.04 Å². The van der Waals surface area contributed by atoms with Crippen LogP contribution in [0.5, 0.6) is 0 Å². The lowest BCUT2D eigenvalue weighted by Gasteiger charge is -2.40. The maximum Gasteiger partial charge on any atom is 0.0320 e. The molecule has 1 aromatic carbocycles. The van der Waals surface area contributed by atoms with Crippen LogP contribution in [0.4, 0.5) is 0 Å². The van der Waals surface area contributed by atoms with E-state index in [0.717, 1.165) is 17.9 Å². The third-order valence-corrected chi connectivity index (χ3v) is 5.86. The lowest BCUT2D eigenvalue weighted by Crippen LogP contribution is -2.40. The second-order valence-corrected chi connectivity index (χ2v) is 7.35. The van der Waals surface area contributed by atoms with Crippen LogP contribution in [-0.4, -0.2) is 6.04 Å². The number of hydrogen-bond acceptors (Lipinski definition) is 1. The molecular formula is C20H31N. The van der Waals surface area contributed by atoms with Crippen molar-refractivity contribution in [1.29, 1.82) is 0 Å². The van der Waals surface area contributed by atoms with Crippen LogP contribution in [-0.2, 0) is 0 Å². The highest BCUT2D eigenvalue weighted by atomic mass is 15.0. The predicted molar refractivity (Wildman–Crippen MR) is 90.4 cm³/mol. The summed E-state index contributed by atoms with van der Waals surface area (Å²) in [4.78, 5) is 0. The Balaban J connectivity index is 1.60. The molecule has 4 unspecified atom stereocenters. The largest absolute Gasteiger partial charge is 0.307 e. The van der Waals surface area contributed by atoms with E-state index >= 15 is 0 Å². The molecule has 1 nitrogen and oxygen atoms in total. The Kier molecular flexibility index (Phi) is 5.00. The molecule has 0 saturated heterocycles. The number of rotatable bonds is 4. The summed E-state index contributed by atoms with van der Waals surface area (Å²) < 4.78 is 0. The topological polar surface area (TPSA) is 12.0 Å². The summed E-state index contributed by atoms with van der Waals surface area (Å²) >= 11 is 0. The summed E-state index contributed by atoms with van der Waals surface area (Å²) in [6.45, 7) is 4.48. The molecule has 0 aliphatic heterocycles. The van der Waals surface area contributed by atoms with E-state index in [1.807, 2.05) is 0 Å². The van der Waals surface area contributed by atoms with Crippen molar-refractivity contribution in [3.8, 4) is 0 Å². The van der Waals surface area contributed by atoms with Gasteiger partial charge in [0.1, 0.15) is 0 Å². The van der Waals surface area contributed by atoms with Crippen molar-refractivity contribution in [2.24, 2.45) is 11.8 Å². The maximum atomic E-state index is 3.97. The summed E-state index contributed by atoms with van der Waals surface area (Å²) in [5, 5.41) is 3.97. The molecule has 21 heavy (non-hydrogen) atoms. The number of benzene rings is 1. The van der Waals surface area contributed by atoms with Gasteiger partial charge in [0, 0.05) is 12.1 Å². The molecule has 2 saturated carbocycles. The van der Waals surface area contributed by atoms with Crippen molar-refractivity contribution in [3.63, 3.8) is 0 Å². The number of nitrogens with one attached hydrogen (secondary N) is 1. The average molecular weight is 285 g/mol. The van der Waals surface area contributed by atoms with Gasteiger partial charge in [-0.2, -0.15) is 0 Å². The van der Waals surface area contributed by atoms with Crippen LogP contribution in [0.1, 0.15) is 75.5 Å². The highest BCUT2D eigenvalue weighted by molar-refractivity contribution is 5.24. The monoisotopic (exact) mass is 285 g/mol.